The standard InChI is InChI=1S/C14H20FNO3S/c1-10-8-12(6-7-13(10)15)20(18,19)16(2)9-11-4-3-5-14(11)17/h6-8,11,14,17H,3-5,9H2,1-2H3. The molecule has 20 heavy (non-hydrogen) atoms. The van der Waals surface area contributed by atoms with Gasteiger partial charge in [-0.25, -0.2) is 17.1 Å². The Morgan fingerprint density at radius 1 is 1.40 bits per heavy atom. The number of rotatable bonds is 4. The molecule has 0 spiro atoms. The van der Waals surface area contributed by atoms with E-state index in [1.54, 1.807) is 0 Å². The summed E-state index contributed by atoms with van der Waals surface area (Å²) in [6, 6.07) is 3.78. The van der Waals surface area contributed by atoms with E-state index in [0.717, 1.165) is 19.3 Å². The number of aryl methyl sites for hydroxylation is 1. The predicted octanol–water partition coefficient (Wildman–Crippen LogP) is 1.92. The fourth-order valence-electron chi connectivity index (χ4n) is 2.62. The Morgan fingerprint density at radius 3 is 2.65 bits per heavy atom. The van der Waals surface area contributed by atoms with Gasteiger partial charge in [0.15, 0.2) is 0 Å². The van der Waals surface area contributed by atoms with Crippen molar-refractivity contribution in [3.05, 3.63) is 29.6 Å². The highest BCUT2D eigenvalue weighted by Gasteiger charge is 2.30. The van der Waals surface area contributed by atoms with E-state index in [1.165, 1.54) is 36.5 Å². The Bertz CT molecular complexity index is 588. The summed E-state index contributed by atoms with van der Waals surface area (Å²) in [6.45, 7) is 1.83. The lowest BCUT2D eigenvalue weighted by Gasteiger charge is -2.23. The summed E-state index contributed by atoms with van der Waals surface area (Å²) < 4.78 is 39.3. The second-order valence-electron chi connectivity index (χ2n) is 5.45. The Labute approximate surface area is 119 Å². The van der Waals surface area contributed by atoms with Crippen molar-refractivity contribution in [3.8, 4) is 0 Å². The summed E-state index contributed by atoms with van der Waals surface area (Å²) in [7, 11) is -2.13. The summed E-state index contributed by atoms with van der Waals surface area (Å²) in [5, 5.41) is 9.78. The number of benzene rings is 1. The number of hydrogen-bond acceptors (Lipinski definition) is 3. The molecule has 0 aliphatic heterocycles. The molecule has 0 bridgehead atoms. The minimum Gasteiger partial charge on any atom is -0.393 e. The predicted molar refractivity (Wildman–Crippen MR) is 74.3 cm³/mol. The minimum atomic E-state index is -3.63. The molecule has 2 unspecified atom stereocenters. The van der Waals surface area contributed by atoms with Crippen LogP contribution in [0.25, 0.3) is 0 Å². The molecular weight excluding hydrogens is 281 g/mol. The Morgan fingerprint density at radius 2 is 2.10 bits per heavy atom. The van der Waals surface area contributed by atoms with Gasteiger partial charge >= 0.3 is 0 Å². The lowest BCUT2D eigenvalue weighted by molar-refractivity contribution is 0.123. The Balaban J connectivity index is 2.18. The quantitative estimate of drug-likeness (QED) is 0.924. The highest BCUT2D eigenvalue weighted by Crippen LogP contribution is 2.28. The minimum absolute atomic E-state index is 0.0173. The van der Waals surface area contributed by atoms with Crippen molar-refractivity contribution in [2.24, 2.45) is 5.92 Å². The van der Waals surface area contributed by atoms with Crippen molar-refractivity contribution in [1.82, 2.24) is 4.31 Å². The van der Waals surface area contributed by atoms with Crippen molar-refractivity contribution in [2.45, 2.75) is 37.2 Å². The summed E-state index contributed by atoms with van der Waals surface area (Å²) in [5.41, 5.74) is 0.306. The first-order chi connectivity index (χ1) is 9.32. The summed E-state index contributed by atoms with van der Waals surface area (Å²) in [5.74, 6) is -0.436. The molecule has 1 N–H and O–H groups in total. The van der Waals surface area contributed by atoms with Gasteiger partial charge in [0.1, 0.15) is 5.82 Å². The maximum absolute atomic E-state index is 13.2. The van der Waals surface area contributed by atoms with Gasteiger partial charge in [0, 0.05) is 13.6 Å². The molecule has 0 radical (unpaired) electrons. The van der Waals surface area contributed by atoms with Gasteiger partial charge in [-0.05, 0) is 49.4 Å². The van der Waals surface area contributed by atoms with Gasteiger partial charge in [0.2, 0.25) is 10.0 Å². The fraction of sp³-hybridized carbons (Fsp3) is 0.571. The van der Waals surface area contributed by atoms with Gasteiger partial charge in [0.05, 0.1) is 11.0 Å². The van der Waals surface area contributed by atoms with Crippen LogP contribution < -0.4 is 0 Å². The molecule has 0 heterocycles. The largest absolute Gasteiger partial charge is 0.393 e. The first-order valence-corrected chi connectivity index (χ1v) is 8.17. The van der Waals surface area contributed by atoms with Crippen molar-refractivity contribution < 1.29 is 17.9 Å². The summed E-state index contributed by atoms with van der Waals surface area (Å²) in [4.78, 5) is 0.0892. The second-order valence-corrected chi connectivity index (χ2v) is 7.50. The topological polar surface area (TPSA) is 57.6 Å². The molecule has 0 amide bonds. The van der Waals surface area contributed by atoms with Gasteiger partial charge < -0.3 is 5.11 Å². The number of nitrogens with zero attached hydrogens (tertiary/aromatic N) is 1. The highest BCUT2D eigenvalue weighted by molar-refractivity contribution is 7.89. The van der Waals surface area contributed by atoms with E-state index in [2.05, 4.69) is 0 Å². The Hall–Kier alpha value is -0.980. The molecule has 1 aliphatic rings. The monoisotopic (exact) mass is 301 g/mol. The van der Waals surface area contributed by atoms with Crippen LogP contribution in [0.3, 0.4) is 0 Å². The van der Waals surface area contributed by atoms with Crippen LogP contribution >= 0.6 is 0 Å². The van der Waals surface area contributed by atoms with E-state index in [1.807, 2.05) is 0 Å². The van der Waals surface area contributed by atoms with Crippen LogP contribution in [-0.2, 0) is 10.0 Å². The number of aliphatic hydroxyl groups excluding tert-OH is 1. The van der Waals surface area contributed by atoms with Crippen LogP contribution in [0.15, 0.2) is 23.1 Å². The molecule has 1 fully saturated rings. The van der Waals surface area contributed by atoms with Crippen LogP contribution in [0.4, 0.5) is 4.39 Å². The van der Waals surface area contributed by atoms with E-state index < -0.39 is 21.9 Å². The van der Waals surface area contributed by atoms with E-state index >= 15 is 0 Å². The molecule has 2 atom stereocenters. The van der Waals surface area contributed by atoms with Crippen LogP contribution in [0.2, 0.25) is 0 Å². The number of sulfonamides is 1. The first-order valence-electron chi connectivity index (χ1n) is 6.73. The summed E-state index contributed by atoms with van der Waals surface area (Å²) >= 11 is 0. The van der Waals surface area contributed by atoms with Crippen LogP contribution in [0, 0.1) is 18.7 Å². The third-order valence-electron chi connectivity index (χ3n) is 3.95. The van der Waals surface area contributed by atoms with Crippen LogP contribution in [0.1, 0.15) is 24.8 Å². The van der Waals surface area contributed by atoms with Crippen molar-refractivity contribution in [3.63, 3.8) is 0 Å². The zero-order valence-corrected chi connectivity index (χ0v) is 12.5. The zero-order valence-electron chi connectivity index (χ0n) is 11.7. The normalized spacial score (nSPS) is 23.4. The maximum Gasteiger partial charge on any atom is 0.242 e. The molecule has 1 aromatic rings. The average Bonchev–Trinajstić information content (AvgIpc) is 2.78. The lowest BCUT2D eigenvalue weighted by Crippen LogP contribution is -2.34. The fourth-order valence-corrected chi connectivity index (χ4v) is 3.93. The highest BCUT2D eigenvalue weighted by atomic mass is 32.2. The van der Waals surface area contributed by atoms with Gasteiger partial charge in [-0.1, -0.05) is 6.42 Å². The second kappa shape index (κ2) is 5.79. The van der Waals surface area contributed by atoms with Gasteiger partial charge in [-0.15, -0.1) is 0 Å². The SMILES string of the molecule is Cc1cc(S(=O)(=O)N(C)CC2CCCC2O)ccc1F. The summed E-state index contributed by atoms with van der Waals surface area (Å²) in [6.07, 6.45) is 2.06. The molecule has 0 saturated heterocycles. The average molecular weight is 301 g/mol. The lowest BCUT2D eigenvalue weighted by atomic mass is 10.1. The molecule has 1 aromatic carbocycles. The van der Waals surface area contributed by atoms with E-state index in [-0.39, 0.29) is 10.8 Å². The zero-order chi connectivity index (χ0) is 14.9. The van der Waals surface area contributed by atoms with Crippen LogP contribution in [-0.4, -0.2) is 37.5 Å². The Kier molecular flexibility index (Phi) is 4.46. The number of halogens is 1. The number of aliphatic hydroxyl groups is 1. The van der Waals surface area contributed by atoms with E-state index in [0.29, 0.717) is 12.1 Å². The molecule has 112 valence electrons. The van der Waals surface area contributed by atoms with Crippen LogP contribution in [0.5, 0.6) is 0 Å². The third kappa shape index (κ3) is 3.02. The van der Waals surface area contributed by atoms with Crippen molar-refractivity contribution >= 4 is 10.0 Å². The van der Waals surface area contributed by atoms with Gasteiger partial charge in [-0.3, -0.25) is 0 Å². The molecule has 0 aromatic heterocycles. The number of hydrogen-bond donors (Lipinski definition) is 1. The first kappa shape index (κ1) is 15.4. The molecule has 1 aliphatic carbocycles. The molecule has 1 saturated carbocycles. The third-order valence-corrected chi connectivity index (χ3v) is 5.77. The van der Waals surface area contributed by atoms with Crippen molar-refractivity contribution in [1.29, 1.82) is 0 Å². The van der Waals surface area contributed by atoms with E-state index in [4.69, 9.17) is 0 Å². The molecule has 4 nitrogen and oxygen atoms in total. The van der Waals surface area contributed by atoms with Gasteiger partial charge in [0.25, 0.3) is 0 Å². The molecule has 6 heteroatoms. The molecule has 2 rings (SSSR count). The van der Waals surface area contributed by atoms with Gasteiger partial charge in [-0.2, -0.15) is 0 Å². The molecular formula is C14H20FNO3S. The maximum atomic E-state index is 13.2. The van der Waals surface area contributed by atoms with E-state index in [9.17, 15) is 17.9 Å². The smallest absolute Gasteiger partial charge is 0.242 e. The van der Waals surface area contributed by atoms with Crippen molar-refractivity contribution in [2.75, 3.05) is 13.6 Å².